The lowest BCUT2D eigenvalue weighted by atomic mass is 10.1. The third kappa shape index (κ3) is 8.71. The normalized spacial score (nSPS) is 13.8. The van der Waals surface area contributed by atoms with Crippen molar-refractivity contribution in [2.75, 3.05) is 25.5 Å². The number of halogens is 1. The average Bonchev–Trinajstić information content (AvgIpc) is 2.52. The number of hydrogen-bond acceptors (Lipinski definition) is 5. The minimum atomic E-state index is -0.509. The Morgan fingerprint density at radius 3 is 2.27 bits per heavy atom. The van der Waals surface area contributed by atoms with Crippen LogP contribution >= 0.6 is 0 Å². The number of carbonyl (C=O) groups excluding carboxylic acids is 1. The molecule has 0 spiro atoms. The molecule has 0 unspecified atom stereocenters. The highest BCUT2D eigenvalue weighted by Crippen LogP contribution is 2.26. The van der Waals surface area contributed by atoms with E-state index in [9.17, 15) is 14.3 Å². The molecular formula is C19H32FN3O3. The Morgan fingerprint density at radius 1 is 1.31 bits per heavy atom. The lowest BCUT2D eigenvalue weighted by Crippen LogP contribution is -2.57. The number of amides is 1. The Bertz CT molecular complexity index is 576. The Hall–Kier alpha value is -2.28. The van der Waals surface area contributed by atoms with Crippen LogP contribution in [0.25, 0.3) is 0 Å². The maximum Gasteiger partial charge on any atom is 0.410 e. The van der Waals surface area contributed by atoms with Gasteiger partial charge in [0.15, 0.2) is 0 Å². The van der Waals surface area contributed by atoms with Gasteiger partial charge < -0.3 is 25.8 Å². The summed E-state index contributed by atoms with van der Waals surface area (Å²) in [5.74, 6) is -0.627. The summed E-state index contributed by atoms with van der Waals surface area (Å²) in [7, 11) is 1.50. The van der Waals surface area contributed by atoms with Gasteiger partial charge in [-0.15, -0.1) is 0 Å². The van der Waals surface area contributed by atoms with Gasteiger partial charge >= 0.3 is 6.09 Å². The monoisotopic (exact) mass is 369 g/mol. The number of allylic oxidation sites excluding steroid dienone is 2. The summed E-state index contributed by atoms with van der Waals surface area (Å²) in [6, 6.07) is 3.82. The molecule has 26 heavy (non-hydrogen) atoms. The third-order valence-electron chi connectivity index (χ3n) is 3.19. The van der Waals surface area contributed by atoms with Gasteiger partial charge in [-0.3, -0.25) is 0 Å². The maximum atomic E-state index is 12.8. The van der Waals surface area contributed by atoms with Crippen molar-refractivity contribution in [3.63, 3.8) is 0 Å². The maximum absolute atomic E-state index is 12.8. The van der Waals surface area contributed by atoms with Crippen LogP contribution in [0.1, 0.15) is 34.6 Å². The van der Waals surface area contributed by atoms with E-state index < -0.39 is 11.4 Å². The van der Waals surface area contributed by atoms with E-state index in [4.69, 9.17) is 4.74 Å². The first-order valence-corrected chi connectivity index (χ1v) is 8.54. The van der Waals surface area contributed by atoms with Crippen LogP contribution < -0.4 is 11.1 Å². The summed E-state index contributed by atoms with van der Waals surface area (Å²) in [6.07, 6.45) is 3.65. The van der Waals surface area contributed by atoms with Crippen LogP contribution in [0.4, 0.5) is 14.9 Å². The van der Waals surface area contributed by atoms with E-state index in [0.29, 0.717) is 18.8 Å². The lowest BCUT2D eigenvalue weighted by Gasteiger charge is -2.40. The number of phenols is 1. The van der Waals surface area contributed by atoms with E-state index >= 15 is 0 Å². The molecule has 1 heterocycles. The number of ether oxygens (including phenoxy) is 1. The highest BCUT2D eigenvalue weighted by molar-refractivity contribution is 5.70. The number of nitrogens with two attached hydrogens (primary N) is 1. The Balaban J connectivity index is 0.000000920. The summed E-state index contributed by atoms with van der Waals surface area (Å²) in [5, 5.41) is 12.6. The number of nitrogens with one attached hydrogen (secondary N) is 1. The van der Waals surface area contributed by atoms with Crippen molar-refractivity contribution < 1.29 is 19.0 Å². The van der Waals surface area contributed by atoms with E-state index in [0.717, 1.165) is 6.07 Å². The number of benzene rings is 1. The van der Waals surface area contributed by atoms with Gasteiger partial charge in [0.25, 0.3) is 0 Å². The van der Waals surface area contributed by atoms with Gasteiger partial charge in [0, 0.05) is 19.2 Å². The number of hydrogen-bond donors (Lipinski definition) is 3. The average molecular weight is 369 g/mol. The van der Waals surface area contributed by atoms with Gasteiger partial charge in [-0.2, -0.15) is 0 Å². The molecular weight excluding hydrogens is 337 g/mol. The Labute approximate surface area is 155 Å². The van der Waals surface area contributed by atoms with Crippen molar-refractivity contribution in [3.8, 4) is 5.75 Å². The highest BCUT2D eigenvalue weighted by Gasteiger charge is 2.33. The fourth-order valence-corrected chi connectivity index (χ4v) is 1.89. The fourth-order valence-electron chi connectivity index (χ4n) is 1.89. The summed E-state index contributed by atoms with van der Waals surface area (Å²) in [4.78, 5) is 13.3. The molecule has 0 aromatic heterocycles. The minimum absolute atomic E-state index is 0.0267. The molecule has 0 aliphatic carbocycles. The molecule has 1 amide bonds. The molecule has 1 aromatic rings. The van der Waals surface area contributed by atoms with E-state index in [1.807, 2.05) is 46.8 Å². The van der Waals surface area contributed by atoms with Crippen LogP contribution in [0.3, 0.4) is 0 Å². The molecule has 0 radical (unpaired) electrons. The Morgan fingerprint density at radius 2 is 1.85 bits per heavy atom. The van der Waals surface area contributed by atoms with Crippen LogP contribution in [0, 0.1) is 5.82 Å². The van der Waals surface area contributed by atoms with Crippen molar-refractivity contribution in [2.24, 2.45) is 5.73 Å². The standard InChI is InChI=1S/C14H19FN2O3.C4H8.CH5N/c1-14(2,3)20-13(19)17-7-10(8-17)16-11-5-4-9(15)6-12(11)18;1-3-4-2;1-2/h4-6,10,16,18H,7-8H2,1-3H3;3-4H,1-2H3;2H2,1H3. The predicted octanol–water partition coefficient (Wildman–Crippen LogP) is 3.72. The number of anilines is 1. The predicted molar refractivity (Wildman–Crippen MR) is 104 cm³/mol. The zero-order valence-corrected chi connectivity index (χ0v) is 16.5. The van der Waals surface area contributed by atoms with Gasteiger partial charge in [-0.1, -0.05) is 12.2 Å². The molecule has 148 valence electrons. The van der Waals surface area contributed by atoms with E-state index in [-0.39, 0.29) is 17.9 Å². The van der Waals surface area contributed by atoms with Crippen molar-refractivity contribution in [1.29, 1.82) is 0 Å². The SMILES string of the molecule is CC(C)(C)OC(=O)N1CC(Nc2ccc(F)cc2O)C1.CC=CC.CN. The van der Waals surface area contributed by atoms with Crippen molar-refractivity contribution in [3.05, 3.63) is 36.2 Å². The first kappa shape index (κ1) is 23.7. The second-order valence-corrected chi connectivity index (χ2v) is 6.55. The largest absolute Gasteiger partial charge is 0.506 e. The second-order valence-electron chi connectivity index (χ2n) is 6.55. The van der Waals surface area contributed by atoms with Gasteiger partial charge in [-0.05, 0) is 53.8 Å². The third-order valence-corrected chi connectivity index (χ3v) is 3.19. The number of aromatic hydroxyl groups is 1. The number of phenolic OH excluding ortho intramolecular Hbond substituents is 1. The first-order chi connectivity index (χ1) is 12.2. The molecule has 2 rings (SSSR count). The molecule has 0 bridgehead atoms. The highest BCUT2D eigenvalue weighted by atomic mass is 19.1. The van der Waals surface area contributed by atoms with Gasteiger partial charge in [0.1, 0.15) is 17.2 Å². The van der Waals surface area contributed by atoms with E-state index in [2.05, 4.69) is 11.1 Å². The molecule has 1 aromatic carbocycles. The topological polar surface area (TPSA) is 87.8 Å². The van der Waals surface area contributed by atoms with Crippen LogP contribution in [0.5, 0.6) is 5.75 Å². The summed E-state index contributed by atoms with van der Waals surface area (Å²) >= 11 is 0. The molecule has 7 heteroatoms. The molecule has 1 saturated heterocycles. The van der Waals surface area contributed by atoms with Gasteiger partial charge in [0.05, 0.1) is 11.7 Å². The zero-order chi connectivity index (χ0) is 20.3. The van der Waals surface area contributed by atoms with Crippen LogP contribution in [-0.2, 0) is 4.74 Å². The molecule has 0 saturated carbocycles. The smallest absolute Gasteiger partial charge is 0.410 e. The van der Waals surface area contributed by atoms with Crippen LogP contribution in [0.15, 0.2) is 30.4 Å². The first-order valence-electron chi connectivity index (χ1n) is 8.54. The summed E-state index contributed by atoms with van der Waals surface area (Å²) < 4.78 is 18.1. The van der Waals surface area contributed by atoms with Crippen molar-refractivity contribution in [1.82, 2.24) is 4.90 Å². The van der Waals surface area contributed by atoms with Crippen LogP contribution in [-0.4, -0.2) is 47.9 Å². The van der Waals surface area contributed by atoms with E-state index in [1.165, 1.54) is 19.2 Å². The van der Waals surface area contributed by atoms with Gasteiger partial charge in [-0.25, -0.2) is 9.18 Å². The fraction of sp³-hybridized carbons (Fsp3) is 0.526. The number of likely N-dealkylation sites (tertiary alicyclic amines) is 1. The Kier molecular flexibility index (Phi) is 10.4. The van der Waals surface area contributed by atoms with Crippen molar-refractivity contribution >= 4 is 11.8 Å². The molecule has 1 aliphatic heterocycles. The second kappa shape index (κ2) is 11.4. The molecule has 1 fully saturated rings. The van der Waals surface area contributed by atoms with Gasteiger partial charge in [0.2, 0.25) is 0 Å². The summed E-state index contributed by atoms with van der Waals surface area (Å²) in [5.41, 5.74) is 4.45. The number of rotatable bonds is 2. The lowest BCUT2D eigenvalue weighted by molar-refractivity contribution is 0.0105. The summed E-state index contributed by atoms with van der Waals surface area (Å²) in [6.45, 7) is 10.4. The quantitative estimate of drug-likeness (QED) is 0.546. The van der Waals surface area contributed by atoms with E-state index in [1.54, 1.807) is 4.90 Å². The molecule has 6 nitrogen and oxygen atoms in total. The van der Waals surface area contributed by atoms with Crippen molar-refractivity contribution in [2.45, 2.75) is 46.3 Å². The van der Waals surface area contributed by atoms with Crippen LogP contribution in [0.2, 0.25) is 0 Å². The molecule has 1 aliphatic rings. The number of nitrogens with zero attached hydrogens (tertiary/aromatic N) is 1. The number of carbonyl (C=O) groups is 1. The molecule has 0 atom stereocenters. The minimum Gasteiger partial charge on any atom is -0.506 e. The molecule has 4 N–H and O–H groups in total. The zero-order valence-electron chi connectivity index (χ0n) is 16.5.